The molecule has 0 N–H and O–H groups in total. The van der Waals surface area contributed by atoms with Crippen molar-refractivity contribution in [1.29, 1.82) is 5.26 Å². The second-order valence-electron chi connectivity index (χ2n) is 2.66. The molecule has 0 radical (unpaired) electrons. The first-order valence-electron chi connectivity index (χ1n) is 4.13. The summed E-state index contributed by atoms with van der Waals surface area (Å²) >= 11 is 3.17. The highest BCUT2D eigenvalue weighted by Gasteiger charge is 2.07. The summed E-state index contributed by atoms with van der Waals surface area (Å²) in [7, 11) is 0. The maximum atomic E-state index is 13.2. The Kier molecular flexibility index (Phi) is 4.27. The van der Waals surface area contributed by atoms with E-state index in [-0.39, 0.29) is 11.1 Å². The zero-order chi connectivity index (χ0) is 11.3. The van der Waals surface area contributed by atoms with E-state index >= 15 is 0 Å². The van der Waals surface area contributed by atoms with E-state index < -0.39 is 11.6 Å². The molecule has 1 rings (SSSR count). The molecule has 4 heteroatoms. The third kappa shape index (κ3) is 3.04. The Balaban J connectivity index is 3.08. The van der Waals surface area contributed by atoms with Crippen LogP contribution in [0.2, 0.25) is 0 Å². The quantitative estimate of drug-likeness (QED) is 0.568. The van der Waals surface area contributed by atoms with Crippen molar-refractivity contribution in [2.24, 2.45) is 0 Å². The van der Waals surface area contributed by atoms with E-state index in [9.17, 15) is 8.78 Å². The number of alkyl halides is 1. The van der Waals surface area contributed by atoms with Crippen LogP contribution >= 0.6 is 15.9 Å². The fraction of sp³-hybridized carbons (Fsp3) is 0.182. The van der Waals surface area contributed by atoms with Crippen LogP contribution in [0.4, 0.5) is 8.78 Å². The molecule has 1 aromatic rings. The summed E-state index contributed by atoms with van der Waals surface area (Å²) in [4.78, 5) is 0. The van der Waals surface area contributed by atoms with Crippen molar-refractivity contribution in [2.45, 2.75) is 6.42 Å². The first-order chi connectivity index (χ1) is 7.19. The Bertz CT molecular complexity index is 466. The lowest BCUT2D eigenvalue weighted by Crippen LogP contribution is -1.91. The number of rotatable bonds is 1. The smallest absolute Gasteiger partial charge is 0.142 e. The standard InChI is InChI=1S/C11H6BrF2N/c12-4-2-1-3-8-5-11(14)9(7-15)6-10(8)13/h5-6H,2,4H2. The van der Waals surface area contributed by atoms with Crippen LogP contribution in [0.5, 0.6) is 0 Å². The van der Waals surface area contributed by atoms with Gasteiger partial charge in [0.25, 0.3) is 0 Å². The Morgan fingerprint density at radius 1 is 1.20 bits per heavy atom. The van der Waals surface area contributed by atoms with Crippen molar-refractivity contribution in [1.82, 2.24) is 0 Å². The van der Waals surface area contributed by atoms with Gasteiger partial charge in [-0.25, -0.2) is 8.78 Å². The molecule has 0 unspecified atom stereocenters. The molecule has 0 aliphatic rings. The predicted molar refractivity (Wildman–Crippen MR) is 56.4 cm³/mol. The van der Waals surface area contributed by atoms with Gasteiger partial charge in [0.1, 0.15) is 17.7 Å². The lowest BCUT2D eigenvalue weighted by Gasteiger charge is -1.96. The second-order valence-corrected chi connectivity index (χ2v) is 3.46. The van der Waals surface area contributed by atoms with Crippen LogP contribution in [-0.2, 0) is 0 Å². The minimum absolute atomic E-state index is 0.0209. The van der Waals surface area contributed by atoms with Crippen LogP contribution in [0, 0.1) is 34.8 Å². The lowest BCUT2D eigenvalue weighted by atomic mass is 10.1. The van der Waals surface area contributed by atoms with Crippen molar-refractivity contribution in [3.05, 3.63) is 34.9 Å². The SMILES string of the molecule is N#Cc1cc(F)c(C#CCCBr)cc1F. The number of halogens is 3. The van der Waals surface area contributed by atoms with Gasteiger partial charge in [0, 0.05) is 11.8 Å². The maximum absolute atomic E-state index is 13.2. The molecule has 0 saturated carbocycles. The molecule has 15 heavy (non-hydrogen) atoms. The monoisotopic (exact) mass is 269 g/mol. The fourth-order valence-corrected chi connectivity index (χ4v) is 1.13. The van der Waals surface area contributed by atoms with Gasteiger partial charge in [-0.15, -0.1) is 0 Å². The van der Waals surface area contributed by atoms with Crippen molar-refractivity contribution in [3.8, 4) is 17.9 Å². The molecular weight excluding hydrogens is 264 g/mol. The predicted octanol–water partition coefficient (Wildman–Crippen LogP) is 2.97. The van der Waals surface area contributed by atoms with Gasteiger partial charge in [-0.2, -0.15) is 5.26 Å². The first-order valence-corrected chi connectivity index (χ1v) is 5.25. The molecule has 0 amide bonds. The van der Waals surface area contributed by atoms with Crippen LogP contribution in [-0.4, -0.2) is 5.33 Å². The van der Waals surface area contributed by atoms with E-state index in [2.05, 4.69) is 27.8 Å². The molecule has 0 bridgehead atoms. The van der Waals surface area contributed by atoms with Crippen molar-refractivity contribution in [3.63, 3.8) is 0 Å². The van der Waals surface area contributed by atoms with Crippen LogP contribution in [0.15, 0.2) is 12.1 Å². The maximum Gasteiger partial charge on any atom is 0.142 e. The van der Waals surface area contributed by atoms with Crippen LogP contribution in [0.25, 0.3) is 0 Å². The molecule has 0 saturated heterocycles. The highest BCUT2D eigenvalue weighted by Crippen LogP contribution is 2.13. The minimum atomic E-state index is -0.748. The number of hydrogen-bond donors (Lipinski definition) is 0. The molecule has 0 heterocycles. The largest absolute Gasteiger partial charge is 0.206 e. The van der Waals surface area contributed by atoms with Crippen molar-refractivity contribution < 1.29 is 8.78 Å². The Morgan fingerprint density at radius 2 is 1.80 bits per heavy atom. The zero-order valence-corrected chi connectivity index (χ0v) is 9.24. The summed E-state index contributed by atoms with van der Waals surface area (Å²) in [5, 5.41) is 9.13. The summed E-state index contributed by atoms with van der Waals surface area (Å²) in [6, 6.07) is 3.35. The molecule has 0 aliphatic heterocycles. The molecule has 0 atom stereocenters. The highest BCUT2D eigenvalue weighted by atomic mass is 79.9. The van der Waals surface area contributed by atoms with E-state index in [1.807, 2.05) is 0 Å². The third-order valence-corrected chi connectivity index (χ3v) is 2.02. The van der Waals surface area contributed by atoms with Crippen LogP contribution in [0.3, 0.4) is 0 Å². The molecule has 0 spiro atoms. The van der Waals surface area contributed by atoms with Gasteiger partial charge in [-0.05, 0) is 12.1 Å². The number of benzene rings is 1. The van der Waals surface area contributed by atoms with E-state index in [4.69, 9.17) is 5.26 Å². The average Bonchev–Trinajstić information content (AvgIpc) is 2.23. The summed E-state index contributed by atoms with van der Waals surface area (Å²) in [5.74, 6) is 3.75. The van der Waals surface area contributed by atoms with Gasteiger partial charge in [-0.1, -0.05) is 27.8 Å². The topological polar surface area (TPSA) is 23.8 Å². The molecule has 1 aromatic carbocycles. The van der Waals surface area contributed by atoms with E-state index in [1.54, 1.807) is 6.07 Å². The summed E-state index contributed by atoms with van der Waals surface area (Å²) < 4.78 is 26.3. The van der Waals surface area contributed by atoms with Gasteiger partial charge < -0.3 is 0 Å². The molecule has 0 aromatic heterocycles. The molecule has 0 aliphatic carbocycles. The normalized spacial score (nSPS) is 8.93. The zero-order valence-electron chi connectivity index (χ0n) is 7.65. The second kappa shape index (κ2) is 5.48. The highest BCUT2D eigenvalue weighted by molar-refractivity contribution is 9.09. The Labute approximate surface area is 94.8 Å². The number of nitriles is 1. The molecule has 0 fully saturated rings. The van der Waals surface area contributed by atoms with Crippen LogP contribution < -0.4 is 0 Å². The fourth-order valence-electron chi connectivity index (χ4n) is 0.933. The van der Waals surface area contributed by atoms with E-state index in [1.165, 1.54) is 0 Å². The van der Waals surface area contributed by atoms with Gasteiger partial charge in [0.2, 0.25) is 0 Å². The molecule has 76 valence electrons. The van der Waals surface area contributed by atoms with Crippen molar-refractivity contribution >= 4 is 15.9 Å². The average molecular weight is 270 g/mol. The van der Waals surface area contributed by atoms with E-state index in [0.717, 1.165) is 12.1 Å². The van der Waals surface area contributed by atoms with Crippen LogP contribution in [0.1, 0.15) is 17.5 Å². The Hall–Kier alpha value is -1.39. The third-order valence-electron chi connectivity index (χ3n) is 1.62. The molecular formula is C11H6BrF2N. The van der Waals surface area contributed by atoms with Crippen molar-refractivity contribution in [2.75, 3.05) is 5.33 Å². The number of nitrogens with zero attached hydrogens (tertiary/aromatic N) is 1. The summed E-state index contributed by atoms with van der Waals surface area (Å²) in [5.41, 5.74) is -0.328. The first kappa shape index (κ1) is 11.7. The molecule has 1 nitrogen and oxygen atoms in total. The minimum Gasteiger partial charge on any atom is -0.206 e. The summed E-state index contributed by atoms with van der Waals surface area (Å²) in [6.45, 7) is 0. The van der Waals surface area contributed by atoms with E-state index in [0.29, 0.717) is 11.8 Å². The summed E-state index contributed by atoms with van der Waals surface area (Å²) in [6.07, 6.45) is 0.557. The Morgan fingerprint density at radius 3 is 2.40 bits per heavy atom. The van der Waals surface area contributed by atoms with Gasteiger partial charge in [0.05, 0.1) is 11.1 Å². The van der Waals surface area contributed by atoms with Gasteiger partial charge in [-0.3, -0.25) is 0 Å². The lowest BCUT2D eigenvalue weighted by molar-refractivity contribution is 0.594. The number of hydrogen-bond acceptors (Lipinski definition) is 1. The van der Waals surface area contributed by atoms with Gasteiger partial charge >= 0.3 is 0 Å². The van der Waals surface area contributed by atoms with Gasteiger partial charge in [0.15, 0.2) is 0 Å².